The Kier molecular flexibility index (Phi) is 4.70. The summed E-state index contributed by atoms with van der Waals surface area (Å²) in [5.41, 5.74) is 7.00. The van der Waals surface area contributed by atoms with E-state index in [-0.39, 0.29) is 11.7 Å². The summed E-state index contributed by atoms with van der Waals surface area (Å²) in [6, 6.07) is 9.62. The highest BCUT2D eigenvalue weighted by Gasteiger charge is 2.15. The van der Waals surface area contributed by atoms with Crippen LogP contribution in [0.1, 0.15) is 11.1 Å². The predicted octanol–water partition coefficient (Wildman–Crippen LogP) is 3.74. The Labute approximate surface area is 126 Å². The molecule has 0 saturated carbocycles. The molecule has 0 unspecified atom stereocenters. The maximum Gasteiger partial charge on any atom is 0.175 e. The van der Waals surface area contributed by atoms with Gasteiger partial charge in [-0.3, -0.25) is 0 Å². The van der Waals surface area contributed by atoms with Crippen LogP contribution in [0, 0.1) is 12.7 Å². The molecule has 0 aliphatic heterocycles. The highest BCUT2D eigenvalue weighted by molar-refractivity contribution is 7.98. The Hall–Kier alpha value is -2.21. The van der Waals surface area contributed by atoms with Crippen LogP contribution in [0.3, 0.4) is 0 Å². The SMILES string of the molecule is CSc1cccc(Oc2cc(F)ccc2C)c1/C(N)=N/O. The molecule has 21 heavy (non-hydrogen) atoms. The first-order chi connectivity index (χ1) is 10.1. The Morgan fingerprint density at radius 1 is 1.29 bits per heavy atom. The summed E-state index contributed by atoms with van der Waals surface area (Å²) >= 11 is 1.45. The molecule has 0 fully saturated rings. The summed E-state index contributed by atoms with van der Waals surface area (Å²) in [4.78, 5) is 0.803. The van der Waals surface area contributed by atoms with Gasteiger partial charge in [0.15, 0.2) is 5.84 Å². The molecule has 3 N–H and O–H groups in total. The van der Waals surface area contributed by atoms with E-state index in [1.54, 1.807) is 18.2 Å². The van der Waals surface area contributed by atoms with Gasteiger partial charge in [-0.15, -0.1) is 11.8 Å². The van der Waals surface area contributed by atoms with Crippen LogP contribution >= 0.6 is 11.8 Å². The van der Waals surface area contributed by atoms with Crippen LogP contribution < -0.4 is 10.5 Å². The van der Waals surface area contributed by atoms with Gasteiger partial charge < -0.3 is 15.7 Å². The summed E-state index contributed by atoms with van der Waals surface area (Å²) < 4.78 is 19.1. The van der Waals surface area contributed by atoms with Gasteiger partial charge in [-0.2, -0.15) is 0 Å². The number of aryl methyl sites for hydroxylation is 1. The van der Waals surface area contributed by atoms with Crippen molar-refractivity contribution in [3.8, 4) is 11.5 Å². The molecule has 0 atom stereocenters. The molecule has 0 spiro atoms. The molecule has 0 amide bonds. The van der Waals surface area contributed by atoms with E-state index in [9.17, 15) is 4.39 Å². The molecule has 2 aromatic carbocycles. The van der Waals surface area contributed by atoms with Gasteiger partial charge in [0.25, 0.3) is 0 Å². The van der Waals surface area contributed by atoms with Crippen LogP contribution in [-0.4, -0.2) is 17.3 Å². The molecule has 0 radical (unpaired) electrons. The lowest BCUT2D eigenvalue weighted by atomic mass is 10.1. The second kappa shape index (κ2) is 6.49. The van der Waals surface area contributed by atoms with E-state index in [4.69, 9.17) is 15.7 Å². The van der Waals surface area contributed by atoms with E-state index in [0.717, 1.165) is 10.5 Å². The van der Waals surface area contributed by atoms with Crippen molar-refractivity contribution in [1.29, 1.82) is 0 Å². The van der Waals surface area contributed by atoms with Crippen molar-refractivity contribution in [1.82, 2.24) is 0 Å². The standard InChI is InChI=1S/C15H15FN2O2S/c1-9-6-7-10(16)8-12(9)20-11-4-3-5-13(21-2)14(11)15(17)18-19/h3-8,19H,1-2H3,(H2,17,18). The average molecular weight is 306 g/mol. The van der Waals surface area contributed by atoms with E-state index in [0.29, 0.717) is 17.1 Å². The van der Waals surface area contributed by atoms with E-state index >= 15 is 0 Å². The Balaban J connectivity index is 2.51. The number of benzene rings is 2. The topological polar surface area (TPSA) is 67.8 Å². The zero-order chi connectivity index (χ0) is 15.4. The molecule has 0 heterocycles. The molecule has 0 aromatic heterocycles. The third kappa shape index (κ3) is 3.28. The van der Waals surface area contributed by atoms with Gasteiger partial charge in [0, 0.05) is 11.0 Å². The number of halogens is 1. The van der Waals surface area contributed by atoms with Crippen molar-refractivity contribution in [3.63, 3.8) is 0 Å². The van der Waals surface area contributed by atoms with E-state index in [1.807, 2.05) is 19.2 Å². The lowest BCUT2D eigenvalue weighted by molar-refractivity contribution is 0.318. The van der Waals surface area contributed by atoms with Gasteiger partial charge in [-0.25, -0.2) is 4.39 Å². The number of hydrogen-bond acceptors (Lipinski definition) is 4. The zero-order valence-electron chi connectivity index (χ0n) is 11.6. The average Bonchev–Trinajstić information content (AvgIpc) is 2.49. The summed E-state index contributed by atoms with van der Waals surface area (Å²) in [5, 5.41) is 12.0. The molecular weight excluding hydrogens is 291 g/mol. The number of oxime groups is 1. The number of nitrogens with zero attached hydrogens (tertiary/aromatic N) is 1. The van der Waals surface area contributed by atoms with Crippen molar-refractivity contribution in [2.45, 2.75) is 11.8 Å². The van der Waals surface area contributed by atoms with Crippen molar-refractivity contribution < 1.29 is 14.3 Å². The van der Waals surface area contributed by atoms with Crippen LogP contribution in [0.15, 0.2) is 46.4 Å². The molecular formula is C15H15FN2O2S. The third-order valence-electron chi connectivity index (χ3n) is 2.94. The number of nitrogens with two attached hydrogens (primary N) is 1. The van der Waals surface area contributed by atoms with Crippen LogP contribution in [-0.2, 0) is 0 Å². The maximum atomic E-state index is 13.3. The lowest BCUT2D eigenvalue weighted by Gasteiger charge is -2.14. The lowest BCUT2D eigenvalue weighted by Crippen LogP contribution is -2.15. The second-order valence-corrected chi connectivity index (χ2v) is 5.18. The first-order valence-electron chi connectivity index (χ1n) is 6.15. The first-order valence-corrected chi connectivity index (χ1v) is 7.38. The molecule has 110 valence electrons. The fourth-order valence-electron chi connectivity index (χ4n) is 1.87. The number of thioether (sulfide) groups is 1. The fraction of sp³-hybridized carbons (Fsp3) is 0.133. The molecule has 0 aliphatic rings. The van der Waals surface area contributed by atoms with Gasteiger partial charge in [0.2, 0.25) is 0 Å². The Morgan fingerprint density at radius 3 is 2.71 bits per heavy atom. The Morgan fingerprint density at radius 2 is 2.05 bits per heavy atom. The van der Waals surface area contributed by atoms with E-state index < -0.39 is 0 Å². The molecule has 0 aliphatic carbocycles. The minimum absolute atomic E-state index is 0.0518. The van der Waals surface area contributed by atoms with E-state index in [2.05, 4.69) is 5.16 Å². The normalized spacial score (nSPS) is 11.5. The molecule has 6 heteroatoms. The smallest absolute Gasteiger partial charge is 0.175 e. The predicted molar refractivity (Wildman–Crippen MR) is 81.9 cm³/mol. The molecule has 0 saturated heterocycles. The fourth-order valence-corrected chi connectivity index (χ4v) is 2.49. The number of amidine groups is 1. The van der Waals surface area contributed by atoms with Crippen LogP contribution in [0.25, 0.3) is 0 Å². The van der Waals surface area contributed by atoms with Crippen LogP contribution in [0.2, 0.25) is 0 Å². The largest absolute Gasteiger partial charge is 0.456 e. The monoisotopic (exact) mass is 306 g/mol. The second-order valence-electron chi connectivity index (χ2n) is 4.33. The van der Waals surface area contributed by atoms with E-state index in [1.165, 1.54) is 23.9 Å². The summed E-state index contributed by atoms with van der Waals surface area (Å²) in [6.45, 7) is 1.82. The maximum absolute atomic E-state index is 13.3. The molecule has 2 aromatic rings. The van der Waals surface area contributed by atoms with Gasteiger partial charge in [-0.05, 0) is 36.9 Å². The van der Waals surface area contributed by atoms with Crippen molar-refractivity contribution in [2.75, 3.05) is 6.26 Å². The highest BCUT2D eigenvalue weighted by Crippen LogP contribution is 2.33. The molecule has 4 nitrogen and oxygen atoms in total. The van der Waals surface area contributed by atoms with Crippen LogP contribution in [0.5, 0.6) is 11.5 Å². The van der Waals surface area contributed by atoms with Gasteiger partial charge >= 0.3 is 0 Å². The third-order valence-corrected chi connectivity index (χ3v) is 3.72. The first kappa shape index (κ1) is 15.2. The van der Waals surface area contributed by atoms with Gasteiger partial charge in [-0.1, -0.05) is 17.3 Å². The summed E-state index contributed by atoms with van der Waals surface area (Å²) in [6.07, 6.45) is 1.88. The quantitative estimate of drug-likeness (QED) is 0.297. The van der Waals surface area contributed by atoms with Gasteiger partial charge in [0.1, 0.15) is 17.3 Å². The minimum atomic E-state index is -0.387. The minimum Gasteiger partial charge on any atom is -0.456 e. The Bertz CT molecular complexity index is 689. The summed E-state index contributed by atoms with van der Waals surface area (Å²) in [5.74, 6) is 0.358. The zero-order valence-corrected chi connectivity index (χ0v) is 12.4. The van der Waals surface area contributed by atoms with Crippen molar-refractivity contribution in [2.24, 2.45) is 10.9 Å². The van der Waals surface area contributed by atoms with Crippen molar-refractivity contribution in [3.05, 3.63) is 53.3 Å². The number of ether oxygens (including phenoxy) is 1. The van der Waals surface area contributed by atoms with Crippen LogP contribution in [0.4, 0.5) is 4.39 Å². The highest BCUT2D eigenvalue weighted by atomic mass is 32.2. The number of hydrogen-bond donors (Lipinski definition) is 2. The number of rotatable bonds is 4. The summed E-state index contributed by atoms with van der Waals surface area (Å²) in [7, 11) is 0. The molecule has 0 bridgehead atoms. The van der Waals surface area contributed by atoms with Crippen molar-refractivity contribution >= 4 is 17.6 Å². The molecule has 2 rings (SSSR count). The van der Waals surface area contributed by atoms with Gasteiger partial charge in [0.05, 0.1) is 5.56 Å².